The summed E-state index contributed by atoms with van der Waals surface area (Å²) in [5, 5.41) is 7.27. The van der Waals surface area contributed by atoms with Crippen molar-refractivity contribution in [2.45, 2.75) is 33.2 Å². The average Bonchev–Trinajstić information content (AvgIpc) is 3.04. The summed E-state index contributed by atoms with van der Waals surface area (Å²) in [6.45, 7) is 6.39. The first-order valence-corrected chi connectivity index (χ1v) is 10.5. The van der Waals surface area contributed by atoms with Gasteiger partial charge in [0.15, 0.2) is 0 Å². The van der Waals surface area contributed by atoms with Crippen LogP contribution in [0.15, 0.2) is 24.5 Å². The molecule has 7 heteroatoms. The quantitative estimate of drug-likeness (QED) is 0.689. The SMILES string of the molecule is CCNc1ncnc2sc(C(=O)NCc3ccc4c(c3)CCCN4C)c(C)c12. The van der Waals surface area contributed by atoms with Gasteiger partial charge in [-0.3, -0.25) is 4.79 Å². The van der Waals surface area contributed by atoms with Gasteiger partial charge >= 0.3 is 0 Å². The second-order valence-electron chi connectivity index (χ2n) is 7.16. The largest absolute Gasteiger partial charge is 0.374 e. The van der Waals surface area contributed by atoms with E-state index < -0.39 is 0 Å². The third kappa shape index (κ3) is 3.42. The van der Waals surface area contributed by atoms with Gasteiger partial charge in [0, 0.05) is 32.4 Å². The highest BCUT2D eigenvalue weighted by Crippen LogP contribution is 2.33. The Kier molecular flexibility index (Phi) is 5.17. The van der Waals surface area contributed by atoms with Gasteiger partial charge in [-0.2, -0.15) is 0 Å². The highest BCUT2D eigenvalue weighted by Gasteiger charge is 2.19. The number of carbonyl (C=O) groups is 1. The predicted octanol–water partition coefficient (Wildman–Crippen LogP) is 3.74. The first-order chi connectivity index (χ1) is 13.6. The first kappa shape index (κ1) is 18.7. The third-order valence-electron chi connectivity index (χ3n) is 5.23. The molecule has 1 aliphatic rings. The molecule has 1 aliphatic heterocycles. The number of benzene rings is 1. The van der Waals surface area contributed by atoms with Crippen LogP contribution >= 0.6 is 11.3 Å². The van der Waals surface area contributed by atoms with Crippen LogP contribution in [-0.4, -0.2) is 36.0 Å². The Morgan fingerprint density at radius 3 is 3.00 bits per heavy atom. The minimum Gasteiger partial charge on any atom is -0.374 e. The molecule has 28 heavy (non-hydrogen) atoms. The lowest BCUT2D eigenvalue weighted by Gasteiger charge is -2.27. The highest BCUT2D eigenvalue weighted by atomic mass is 32.1. The Morgan fingerprint density at radius 1 is 1.32 bits per heavy atom. The van der Waals surface area contributed by atoms with Crippen LogP contribution in [0.5, 0.6) is 0 Å². The van der Waals surface area contributed by atoms with E-state index in [-0.39, 0.29) is 5.91 Å². The zero-order valence-electron chi connectivity index (χ0n) is 16.5. The van der Waals surface area contributed by atoms with Crippen molar-refractivity contribution in [1.82, 2.24) is 15.3 Å². The van der Waals surface area contributed by atoms with Gasteiger partial charge in [-0.25, -0.2) is 9.97 Å². The van der Waals surface area contributed by atoms with Crippen molar-refractivity contribution < 1.29 is 4.79 Å². The molecule has 0 aliphatic carbocycles. The Labute approximate surface area is 169 Å². The summed E-state index contributed by atoms with van der Waals surface area (Å²) in [5.74, 6) is 0.733. The Bertz CT molecular complexity index is 1030. The van der Waals surface area contributed by atoms with E-state index in [2.05, 4.69) is 50.7 Å². The van der Waals surface area contributed by atoms with Crippen LogP contribution in [0.2, 0.25) is 0 Å². The summed E-state index contributed by atoms with van der Waals surface area (Å²) in [4.78, 5) is 25.3. The molecule has 0 spiro atoms. The molecule has 2 aromatic heterocycles. The molecule has 0 fully saturated rings. The smallest absolute Gasteiger partial charge is 0.261 e. The van der Waals surface area contributed by atoms with Crippen molar-refractivity contribution >= 4 is 39.0 Å². The molecule has 0 saturated heterocycles. The van der Waals surface area contributed by atoms with Gasteiger partial charge in [0.2, 0.25) is 0 Å². The number of amides is 1. The average molecular weight is 396 g/mol. The highest BCUT2D eigenvalue weighted by molar-refractivity contribution is 7.20. The number of nitrogens with one attached hydrogen (secondary N) is 2. The van der Waals surface area contributed by atoms with E-state index in [0.29, 0.717) is 11.4 Å². The lowest BCUT2D eigenvalue weighted by Crippen LogP contribution is -2.25. The summed E-state index contributed by atoms with van der Waals surface area (Å²) in [7, 11) is 2.13. The van der Waals surface area contributed by atoms with Crippen molar-refractivity contribution in [2.24, 2.45) is 0 Å². The lowest BCUT2D eigenvalue weighted by atomic mass is 9.99. The molecule has 0 bridgehead atoms. The van der Waals surface area contributed by atoms with Crippen molar-refractivity contribution in [3.8, 4) is 0 Å². The second kappa shape index (κ2) is 7.75. The number of nitrogens with zero attached hydrogens (tertiary/aromatic N) is 3. The molecule has 1 aromatic carbocycles. The van der Waals surface area contributed by atoms with Gasteiger partial charge < -0.3 is 15.5 Å². The number of thiophene rings is 1. The van der Waals surface area contributed by atoms with E-state index in [1.807, 2.05) is 13.8 Å². The maximum atomic E-state index is 12.8. The fourth-order valence-electron chi connectivity index (χ4n) is 3.80. The summed E-state index contributed by atoms with van der Waals surface area (Å²) in [6.07, 6.45) is 3.82. The molecule has 2 N–H and O–H groups in total. The topological polar surface area (TPSA) is 70.1 Å². The number of rotatable bonds is 5. The fraction of sp³-hybridized carbons (Fsp3) is 0.381. The number of hydrogen-bond acceptors (Lipinski definition) is 6. The second-order valence-corrected chi connectivity index (χ2v) is 8.16. The van der Waals surface area contributed by atoms with Crippen LogP contribution in [0.25, 0.3) is 10.2 Å². The Morgan fingerprint density at radius 2 is 2.18 bits per heavy atom. The maximum Gasteiger partial charge on any atom is 0.261 e. The molecule has 3 heterocycles. The summed E-state index contributed by atoms with van der Waals surface area (Å²) in [5.41, 5.74) is 4.73. The van der Waals surface area contributed by atoms with E-state index in [1.54, 1.807) is 6.33 Å². The molecule has 4 rings (SSSR count). The maximum absolute atomic E-state index is 12.8. The van der Waals surface area contributed by atoms with Crippen LogP contribution < -0.4 is 15.5 Å². The molecule has 0 radical (unpaired) electrons. The number of aryl methyl sites for hydroxylation is 2. The normalized spacial score (nSPS) is 13.5. The van der Waals surface area contributed by atoms with Crippen LogP contribution in [0.4, 0.5) is 11.5 Å². The van der Waals surface area contributed by atoms with E-state index in [0.717, 1.165) is 46.7 Å². The minimum atomic E-state index is -0.0576. The first-order valence-electron chi connectivity index (χ1n) is 9.67. The Hall–Kier alpha value is -2.67. The minimum absolute atomic E-state index is 0.0576. The van der Waals surface area contributed by atoms with Crippen molar-refractivity contribution in [3.63, 3.8) is 0 Å². The van der Waals surface area contributed by atoms with Gasteiger partial charge in [-0.05, 0) is 49.4 Å². The monoisotopic (exact) mass is 395 g/mol. The molecule has 0 atom stereocenters. The number of hydrogen-bond donors (Lipinski definition) is 2. The van der Waals surface area contributed by atoms with Gasteiger partial charge in [-0.15, -0.1) is 11.3 Å². The number of anilines is 2. The van der Waals surface area contributed by atoms with Crippen LogP contribution in [0.3, 0.4) is 0 Å². The van der Waals surface area contributed by atoms with Gasteiger partial charge in [0.1, 0.15) is 17.0 Å². The van der Waals surface area contributed by atoms with Gasteiger partial charge in [0.05, 0.1) is 10.3 Å². The lowest BCUT2D eigenvalue weighted by molar-refractivity contribution is 0.0954. The Balaban J connectivity index is 1.53. The summed E-state index contributed by atoms with van der Waals surface area (Å²) >= 11 is 1.42. The number of fused-ring (bicyclic) bond motifs is 2. The molecular formula is C21H25N5OS. The third-order valence-corrected chi connectivity index (χ3v) is 6.42. The standard InChI is InChI=1S/C21H25N5OS/c1-4-22-19-17-13(2)18(28-21(17)25-12-24-19)20(27)23-11-14-7-8-16-15(10-14)6-5-9-26(16)3/h7-8,10,12H,4-6,9,11H2,1-3H3,(H,23,27)(H,22,24,25). The van der Waals surface area contributed by atoms with Crippen molar-refractivity contribution in [1.29, 1.82) is 0 Å². The molecule has 3 aromatic rings. The zero-order chi connectivity index (χ0) is 19.7. The van der Waals surface area contributed by atoms with Crippen LogP contribution in [-0.2, 0) is 13.0 Å². The molecular weight excluding hydrogens is 370 g/mol. The fourth-order valence-corrected chi connectivity index (χ4v) is 4.87. The van der Waals surface area contributed by atoms with Gasteiger partial charge in [0.25, 0.3) is 5.91 Å². The van der Waals surface area contributed by atoms with Crippen molar-refractivity contribution in [3.05, 3.63) is 46.1 Å². The molecule has 1 amide bonds. The zero-order valence-corrected chi connectivity index (χ0v) is 17.3. The number of carbonyl (C=O) groups excluding carboxylic acids is 1. The summed E-state index contributed by atoms with van der Waals surface area (Å²) < 4.78 is 0. The van der Waals surface area contributed by atoms with Crippen molar-refractivity contribution in [2.75, 3.05) is 30.4 Å². The van der Waals surface area contributed by atoms with Gasteiger partial charge in [-0.1, -0.05) is 12.1 Å². The van der Waals surface area contributed by atoms with E-state index in [1.165, 1.54) is 29.0 Å². The molecule has 146 valence electrons. The molecule has 0 unspecified atom stereocenters. The van der Waals surface area contributed by atoms with E-state index in [4.69, 9.17) is 0 Å². The number of aromatic nitrogens is 2. The summed E-state index contributed by atoms with van der Waals surface area (Å²) in [6, 6.07) is 6.49. The van der Waals surface area contributed by atoms with Crippen LogP contribution in [0, 0.1) is 6.92 Å². The predicted molar refractivity (Wildman–Crippen MR) is 116 cm³/mol. The van der Waals surface area contributed by atoms with E-state index in [9.17, 15) is 4.79 Å². The van der Waals surface area contributed by atoms with E-state index >= 15 is 0 Å². The van der Waals surface area contributed by atoms with Crippen LogP contribution in [0.1, 0.15) is 39.7 Å². The molecule has 6 nitrogen and oxygen atoms in total. The molecule has 0 saturated carbocycles.